The van der Waals surface area contributed by atoms with E-state index < -0.39 is 5.60 Å². The third-order valence-electron chi connectivity index (χ3n) is 3.54. The maximum atomic E-state index is 12.1. The van der Waals surface area contributed by atoms with Crippen LogP contribution >= 0.6 is 11.3 Å². The van der Waals surface area contributed by atoms with Crippen molar-refractivity contribution in [2.24, 2.45) is 0 Å². The Hall–Kier alpha value is -1.20. The molecular weight excluding hydrogens is 236 g/mol. The van der Waals surface area contributed by atoms with Gasteiger partial charge in [-0.1, -0.05) is 0 Å². The molecule has 0 spiro atoms. The van der Waals surface area contributed by atoms with Crippen LogP contribution in [0.25, 0.3) is 10.2 Å². The fourth-order valence-corrected chi connectivity index (χ4v) is 2.99. The van der Waals surface area contributed by atoms with Crippen LogP contribution in [0.15, 0.2) is 22.6 Å². The van der Waals surface area contributed by atoms with Crippen LogP contribution in [0.1, 0.15) is 25.7 Å². The molecule has 0 unspecified atom stereocenters. The fourth-order valence-electron chi connectivity index (χ4n) is 2.20. The first-order valence-electron chi connectivity index (χ1n) is 5.83. The summed E-state index contributed by atoms with van der Waals surface area (Å²) >= 11 is 1.42. The number of aromatic nitrogens is 2. The van der Waals surface area contributed by atoms with Crippen molar-refractivity contribution in [2.45, 2.75) is 37.8 Å². The topological polar surface area (TPSA) is 55.1 Å². The lowest BCUT2D eigenvalue weighted by molar-refractivity contribution is -0.0434. The first kappa shape index (κ1) is 10.9. The molecule has 1 N–H and O–H groups in total. The van der Waals surface area contributed by atoms with Crippen LogP contribution in [-0.2, 0) is 6.54 Å². The van der Waals surface area contributed by atoms with Crippen LogP contribution in [0.2, 0.25) is 0 Å². The van der Waals surface area contributed by atoms with Gasteiger partial charge >= 0.3 is 0 Å². The molecule has 90 valence electrons. The summed E-state index contributed by atoms with van der Waals surface area (Å²) in [6.07, 6.45) is 5.03. The minimum Gasteiger partial charge on any atom is -0.390 e. The molecule has 2 aromatic heterocycles. The molecular formula is C12H14N2O2S. The lowest BCUT2D eigenvalue weighted by atomic mass is 9.78. The highest BCUT2D eigenvalue weighted by molar-refractivity contribution is 7.17. The zero-order valence-corrected chi connectivity index (χ0v) is 10.2. The van der Waals surface area contributed by atoms with E-state index >= 15 is 0 Å². The van der Waals surface area contributed by atoms with Crippen LogP contribution in [0.5, 0.6) is 0 Å². The molecule has 2 heterocycles. The van der Waals surface area contributed by atoms with Gasteiger partial charge in [0.25, 0.3) is 5.56 Å². The second-order valence-corrected chi connectivity index (χ2v) is 5.62. The molecule has 0 radical (unpaired) electrons. The van der Waals surface area contributed by atoms with Crippen LogP contribution in [0.4, 0.5) is 0 Å². The van der Waals surface area contributed by atoms with E-state index in [0.717, 1.165) is 24.8 Å². The van der Waals surface area contributed by atoms with E-state index in [1.54, 1.807) is 10.9 Å². The number of nitrogens with zero attached hydrogens (tertiary/aromatic N) is 2. The Kier molecular flexibility index (Phi) is 2.52. The summed E-state index contributed by atoms with van der Waals surface area (Å²) in [6, 6.07) is 1.85. The van der Waals surface area contributed by atoms with Crippen LogP contribution < -0.4 is 5.56 Å². The lowest BCUT2D eigenvalue weighted by Gasteiger charge is -2.36. The first-order chi connectivity index (χ1) is 8.18. The van der Waals surface area contributed by atoms with Crippen molar-refractivity contribution < 1.29 is 5.11 Å². The quantitative estimate of drug-likeness (QED) is 0.903. The monoisotopic (exact) mass is 250 g/mol. The number of rotatable bonds is 3. The van der Waals surface area contributed by atoms with E-state index in [-0.39, 0.29) is 5.56 Å². The number of aliphatic hydroxyl groups is 1. The minimum atomic E-state index is -0.538. The fraction of sp³-hybridized carbons (Fsp3) is 0.500. The van der Waals surface area contributed by atoms with Gasteiger partial charge in [0.2, 0.25) is 0 Å². The largest absolute Gasteiger partial charge is 0.390 e. The summed E-state index contributed by atoms with van der Waals surface area (Å²) in [5.74, 6) is 0. The molecule has 3 rings (SSSR count). The van der Waals surface area contributed by atoms with Gasteiger partial charge in [-0.15, -0.1) is 11.3 Å². The predicted octanol–water partition coefficient (Wildman–Crippen LogP) is 1.76. The number of fused-ring (bicyclic) bond motifs is 1. The third kappa shape index (κ3) is 1.89. The van der Waals surface area contributed by atoms with Gasteiger partial charge in [0, 0.05) is 6.54 Å². The van der Waals surface area contributed by atoms with E-state index in [9.17, 15) is 9.90 Å². The lowest BCUT2D eigenvalue weighted by Crippen LogP contribution is -2.38. The second-order valence-electron chi connectivity index (χ2n) is 4.71. The number of aryl methyl sites for hydroxylation is 1. The summed E-state index contributed by atoms with van der Waals surface area (Å²) in [5.41, 5.74) is 0.232. The maximum absolute atomic E-state index is 12.1. The molecule has 2 aromatic rings. The van der Waals surface area contributed by atoms with Crippen molar-refractivity contribution in [1.29, 1.82) is 0 Å². The Morgan fingerprint density at radius 3 is 3.06 bits per heavy atom. The van der Waals surface area contributed by atoms with Gasteiger partial charge in [-0.2, -0.15) is 0 Å². The van der Waals surface area contributed by atoms with Crippen molar-refractivity contribution in [2.75, 3.05) is 0 Å². The average molecular weight is 250 g/mol. The molecule has 0 aromatic carbocycles. The molecule has 0 atom stereocenters. The molecule has 4 nitrogen and oxygen atoms in total. The zero-order chi connectivity index (χ0) is 11.9. The molecule has 1 aliphatic carbocycles. The molecule has 1 fully saturated rings. The Labute approximate surface area is 103 Å². The van der Waals surface area contributed by atoms with Gasteiger partial charge in [-0.3, -0.25) is 9.36 Å². The summed E-state index contributed by atoms with van der Waals surface area (Å²) < 4.78 is 2.31. The molecule has 0 aliphatic heterocycles. The average Bonchev–Trinajstić information content (AvgIpc) is 2.75. The van der Waals surface area contributed by atoms with Crippen molar-refractivity contribution in [3.63, 3.8) is 0 Å². The molecule has 1 saturated carbocycles. The van der Waals surface area contributed by atoms with Gasteiger partial charge in [0.1, 0.15) is 4.70 Å². The van der Waals surface area contributed by atoms with Crippen LogP contribution in [0.3, 0.4) is 0 Å². The molecule has 0 saturated heterocycles. The summed E-state index contributed by atoms with van der Waals surface area (Å²) in [7, 11) is 0. The van der Waals surface area contributed by atoms with Gasteiger partial charge < -0.3 is 5.11 Å². The Bertz CT molecular complexity index is 598. The van der Waals surface area contributed by atoms with Gasteiger partial charge in [0.05, 0.1) is 17.4 Å². The van der Waals surface area contributed by atoms with E-state index in [0.29, 0.717) is 17.7 Å². The van der Waals surface area contributed by atoms with Crippen LogP contribution in [0, 0.1) is 0 Å². The van der Waals surface area contributed by atoms with E-state index in [1.165, 1.54) is 11.3 Å². The van der Waals surface area contributed by atoms with Crippen molar-refractivity contribution >= 4 is 21.6 Å². The smallest absolute Gasteiger partial charge is 0.271 e. The maximum Gasteiger partial charge on any atom is 0.271 e. The molecule has 0 bridgehead atoms. The Morgan fingerprint density at radius 1 is 1.53 bits per heavy atom. The molecule has 17 heavy (non-hydrogen) atoms. The standard InChI is InChI=1S/C12H14N2O2S/c15-11-10-9(2-7-17-10)13-8-14(11)6-5-12(16)3-1-4-12/h2,7-8,16H,1,3-6H2. The van der Waals surface area contributed by atoms with Crippen molar-refractivity contribution in [1.82, 2.24) is 9.55 Å². The van der Waals surface area contributed by atoms with Crippen molar-refractivity contribution in [3.05, 3.63) is 28.1 Å². The van der Waals surface area contributed by atoms with E-state index in [4.69, 9.17) is 0 Å². The summed E-state index contributed by atoms with van der Waals surface area (Å²) in [5, 5.41) is 11.9. The number of thiophene rings is 1. The summed E-state index contributed by atoms with van der Waals surface area (Å²) in [6.45, 7) is 0.552. The zero-order valence-electron chi connectivity index (χ0n) is 9.43. The highest BCUT2D eigenvalue weighted by Crippen LogP contribution is 2.34. The number of hydrogen-bond acceptors (Lipinski definition) is 4. The SMILES string of the molecule is O=c1c2sccc2ncn1CCC1(O)CCC1. The Balaban J connectivity index is 1.85. The van der Waals surface area contributed by atoms with Crippen LogP contribution in [-0.4, -0.2) is 20.3 Å². The second kappa shape index (κ2) is 3.92. The minimum absolute atomic E-state index is 0.00734. The summed E-state index contributed by atoms with van der Waals surface area (Å²) in [4.78, 5) is 16.3. The highest BCUT2D eigenvalue weighted by atomic mass is 32.1. The molecule has 1 aliphatic rings. The van der Waals surface area contributed by atoms with Gasteiger partial charge in [-0.05, 0) is 37.1 Å². The number of hydrogen-bond donors (Lipinski definition) is 1. The van der Waals surface area contributed by atoms with Gasteiger partial charge in [-0.25, -0.2) is 4.98 Å². The third-order valence-corrected chi connectivity index (χ3v) is 4.43. The van der Waals surface area contributed by atoms with Crippen molar-refractivity contribution in [3.8, 4) is 0 Å². The molecule has 5 heteroatoms. The first-order valence-corrected chi connectivity index (χ1v) is 6.71. The molecule has 0 amide bonds. The predicted molar refractivity (Wildman–Crippen MR) is 67.3 cm³/mol. The van der Waals surface area contributed by atoms with E-state index in [2.05, 4.69) is 4.98 Å². The highest BCUT2D eigenvalue weighted by Gasteiger charge is 2.33. The van der Waals surface area contributed by atoms with E-state index in [1.807, 2.05) is 11.4 Å². The van der Waals surface area contributed by atoms with Gasteiger partial charge in [0.15, 0.2) is 0 Å². The Morgan fingerprint density at radius 2 is 2.35 bits per heavy atom. The normalized spacial score (nSPS) is 18.2.